The van der Waals surface area contributed by atoms with Crippen molar-refractivity contribution in [3.63, 3.8) is 0 Å². The van der Waals surface area contributed by atoms with E-state index in [4.69, 9.17) is 14.0 Å². The van der Waals surface area contributed by atoms with E-state index in [1.54, 1.807) is 18.2 Å². The molecule has 1 aliphatic heterocycles. The number of carbonyl (C=O) groups excluding carboxylic acids is 1. The number of nitrogens with zero attached hydrogens (tertiary/aromatic N) is 2. The monoisotopic (exact) mass is 408 g/mol. The average Bonchev–Trinajstić information content (AvgIpc) is 3.27. The van der Waals surface area contributed by atoms with Crippen LogP contribution in [0.15, 0.2) is 47.0 Å². The summed E-state index contributed by atoms with van der Waals surface area (Å²) in [5, 5.41) is 4.50. The van der Waals surface area contributed by atoms with Crippen LogP contribution in [0, 0.1) is 0 Å². The fourth-order valence-electron chi connectivity index (χ4n) is 2.93. The SMILES string of the molecule is O=C1OCCN1CCOc1noc2ccc(-c3ccc(OC(F)(F)F)cc3)cc12. The molecule has 0 N–H and O–H groups in total. The number of ether oxygens (including phenoxy) is 3. The number of rotatable bonds is 6. The molecule has 1 aliphatic rings. The van der Waals surface area contributed by atoms with Crippen LogP contribution in [0.4, 0.5) is 18.0 Å². The molecule has 0 atom stereocenters. The van der Waals surface area contributed by atoms with Crippen molar-refractivity contribution in [2.75, 3.05) is 26.3 Å². The highest BCUT2D eigenvalue weighted by Gasteiger charge is 2.31. The number of hydrogen-bond acceptors (Lipinski definition) is 6. The maximum Gasteiger partial charge on any atom is 0.573 e. The normalized spacial score (nSPS) is 14.3. The lowest BCUT2D eigenvalue weighted by atomic mass is 10.0. The number of halogens is 3. The summed E-state index contributed by atoms with van der Waals surface area (Å²) in [4.78, 5) is 12.9. The van der Waals surface area contributed by atoms with E-state index in [1.165, 1.54) is 29.2 Å². The van der Waals surface area contributed by atoms with Gasteiger partial charge in [-0.15, -0.1) is 13.2 Å². The Kier molecular flexibility index (Phi) is 4.91. The first kappa shape index (κ1) is 18.9. The first-order chi connectivity index (χ1) is 13.9. The molecule has 0 spiro atoms. The first-order valence-electron chi connectivity index (χ1n) is 8.69. The van der Waals surface area contributed by atoms with Crippen LogP contribution >= 0.6 is 0 Å². The standard InChI is InChI=1S/C19H15F3N2O5/c20-19(21,22)28-14-4-1-12(2-5-14)13-3-6-16-15(11-13)17(23-29-16)26-9-7-24-8-10-27-18(24)25/h1-6,11H,7-10H2. The molecule has 1 saturated heterocycles. The molecular weight excluding hydrogens is 393 g/mol. The Morgan fingerprint density at radius 1 is 1.10 bits per heavy atom. The Bertz CT molecular complexity index is 1020. The Hall–Kier alpha value is -3.43. The topological polar surface area (TPSA) is 74.0 Å². The van der Waals surface area contributed by atoms with Gasteiger partial charge in [0.25, 0.3) is 5.88 Å². The Morgan fingerprint density at radius 3 is 2.55 bits per heavy atom. The molecule has 1 fully saturated rings. The van der Waals surface area contributed by atoms with Gasteiger partial charge in [-0.2, -0.15) is 0 Å². The van der Waals surface area contributed by atoms with Crippen molar-refractivity contribution in [3.8, 4) is 22.8 Å². The number of fused-ring (bicyclic) bond motifs is 1. The molecule has 2 heterocycles. The fraction of sp³-hybridized carbons (Fsp3) is 0.263. The van der Waals surface area contributed by atoms with Gasteiger partial charge < -0.3 is 23.6 Å². The van der Waals surface area contributed by atoms with Gasteiger partial charge in [-0.1, -0.05) is 18.2 Å². The highest BCUT2D eigenvalue weighted by atomic mass is 19.4. The smallest absolute Gasteiger partial charge is 0.473 e. The minimum atomic E-state index is -4.74. The number of cyclic esters (lactones) is 1. The molecule has 7 nitrogen and oxygen atoms in total. The second kappa shape index (κ2) is 7.53. The van der Waals surface area contributed by atoms with Gasteiger partial charge in [-0.25, -0.2) is 4.79 Å². The van der Waals surface area contributed by atoms with Crippen LogP contribution in [0.5, 0.6) is 11.6 Å². The van der Waals surface area contributed by atoms with Gasteiger partial charge in [0, 0.05) is 0 Å². The van der Waals surface area contributed by atoms with Crippen LogP contribution in [0.1, 0.15) is 0 Å². The Balaban J connectivity index is 1.48. The molecule has 10 heteroatoms. The van der Waals surface area contributed by atoms with Crippen molar-refractivity contribution < 1.29 is 36.7 Å². The van der Waals surface area contributed by atoms with E-state index < -0.39 is 6.36 Å². The van der Waals surface area contributed by atoms with Gasteiger partial charge in [-0.05, 0) is 40.5 Å². The number of benzene rings is 2. The third-order valence-corrected chi connectivity index (χ3v) is 4.30. The second-order valence-corrected chi connectivity index (χ2v) is 6.22. The highest BCUT2D eigenvalue weighted by molar-refractivity contribution is 5.87. The van der Waals surface area contributed by atoms with Gasteiger partial charge in [-0.3, -0.25) is 0 Å². The number of aromatic nitrogens is 1. The largest absolute Gasteiger partial charge is 0.573 e. The zero-order valence-corrected chi connectivity index (χ0v) is 14.9. The zero-order chi connectivity index (χ0) is 20.4. The maximum atomic E-state index is 12.3. The molecule has 152 valence electrons. The maximum absolute atomic E-state index is 12.3. The van der Waals surface area contributed by atoms with Gasteiger partial charge in [0.15, 0.2) is 5.58 Å². The van der Waals surface area contributed by atoms with E-state index >= 15 is 0 Å². The van der Waals surface area contributed by atoms with Crippen molar-refractivity contribution in [3.05, 3.63) is 42.5 Å². The fourth-order valence-corrected chi connectivity index (χ4v) is 2.93. The minimum Gasteiger partial charge on any atom is -0.473 e. The molecule has 0 saturated carbocycles. The second-order valence-electron chi connectivity index (χ2n) is 6.22. The quantitative estimate of drug-likeness (QED) is 0.608. The van der Waals surface area contributed by atoms with E-state index in [-0.39, 0.29) is 24.3 Å². The summed E-state index contributed by atoms with van der Waals surface area (Å²) in [7, 11) is 0. The highest BCUT2D eigenvalue weighted by Crippen LogP contribution is 2.31. The van der Waals surface area contributed by atoms with E-state index in [0.717, 1.165) is 5.56 Å². The Labute approximate surface area is 162 Å². The van der Waals surface area contributed by atoms with E-state index in [9.17, 15) is 18.0 Å². The summed E-state index contributed by atoms with van der Waals surface area (Å²) >= 11 is 0. The molecule has 0 aliphatic carbocycles. The number of carbonyl (C=O) groups is 1. The van der Waals surface area contributed by atoms with Gasteiger partial charge in [0.1, 0.15) is 19.0 Å². The van der Waals surface area contributed by atoms with Crippen LogP contribution < -0.4 is 9.47 Å². The van der Waals surface area contributed by atoms with E-state index in [1.807, 2.05) is 0 Å². The molecule has 3 aromatic rings. The Morgan fingerprint density at radius 2 is 1.86 bits per heavy atom. The number of amides is 1. The van der Waals surface area contributed by atoms with E-state index in [0.29, 0.717) is 36.2 Å². The van der Waals surface area contributed by atoms with Crippen LogP contribution in [0.25, 0.3) is 22.1 Å². The molecular formula is C19H15F3N2O5. The number of alkyl halides is 3. The molecule has 1 amide bonds. The summed E-state index contributed by atoms with van der Waals surface area (Å²) < 4.78 is 56.5. The third-order valence-electron chi connectivity index (χ3n) is 4.30. The molecule has 0 bridgehead atoms. The number of hydrogen-bond donors (Lipinski definition) is 0. The predicted octanol–water partition coefficient (Wildman–Crippen LogP) is 4.22. The average molecular weight is 408 g/mol. The molecule has 0 radical (unpaired) electrons. The van der Waals surface area contributed by atoms with Crippen molar-refractivity contribution in [2.24, 2.45) is 0 Å². The van der Waals surface area contributed by atoms with Gasteiger partial charge in [0.2, 0.25) is 0 Å². The summed E-state index contributed by atoms with van der Waals surface area (Å²) in [5.74, 6) is -0.0248. The minimum absolute atomic E-state index is 0.213. The van der Waals surface area contributed by atoms with E-state index in [2.05, 4.69) is 9.89 Å². The predicted molar refractivity (Wildman–Crippen MR) is 94.5 cm³/mol. The molecule has 2 aromatic carbocycles. The molecule has 0 unspecified atom stereocenters. The van der Waals surface area contributed by atoms with Crippen molar-refractivity contribution in [1.82, 2.24) is 10.1 Å². The van der Waals surface area contributed by atoms with Gasteiger partial charge in [0.05, 0.1) is 18.5 Å². The van der Waals surface area contributed by atoms with Crippen molar-refractivity contribution in [2.45, 2.75) is 6.36 Å². The van der Waals surface area contributed by atoms with Crippen LogP contribution in [-0.4, -0.2) is 48.8 Å². The molecule has 1 aromatic heterocycles. The summed E-state index contributed by atoms with van der Waals surface area (Å²) in [6.45, 7) is 1.44. The van der Waals surface area contributed by atoms with Crippen LogP contribution in [0.3, 0.4) is 0 Å². The van der Waals surface area contributed by atoms with Crippen LogP contribution in [0.2, 0.25) is 0 Å². The summed E-state index contributed by atoms with van der Waals surface area (Å²) in [6, 6.07) is 10.8. The first-order valence-corrected chi connectivity index (χ1v) is 8.69. The third kappa shape index (κ3) is 4.36. The lowest BCUT2D eigenvalue weighted by molar-refractivity contribution is -0.274. The lowest BCUT2D eigenvalue weighted by Gasteiger charge is -2.12. The van der Waals surface area contributed by atoms with Crippen molar-refractivity contribution in [1.29, 1.82) is 0 Å². The zero-order valence-electron chi connectivity index (χ0n) is 14.9. The molecule has 29 heavy (non-hydrogen) atoms. The summed E-state index contributed by atoms with van der Waals surface area (Å²) in [5.41, 5.74) is 1.93. The van der Waals surface area contributed by atoms with Crippen molar-refractivity contribution >= 4 is 17.1 Å². The van der Waals surface area contributed by atoms with Gasteiger partial charge >= 0.3 is 12.5 Å². The lowest BCUT2D eigenvalue weighted by Crippen LogP contribution is -2.29. The van der Waals surface area contributed by atoms with Crippen LogP contribution in [-0.2, 0) is 4.74 Å². The molecule has 4 rings (SSSR count). The summed E-state index contributed by atoms with van der Waals surface area (Å²) in [6.07, 6.45) is -5.11.